The fourth-order valence-electron chi connectivity index (χ4n) is 3.50. The molecular weight excluding hydrogens is 439 g/mol. The third kappa shape index (κ3) is 3.96. The summed E-state index contributed by atoms with van der Waals surface area (Å²) in [6.07, 6.45) is 7.05. The van der Waals surface area contributed by atoms with Gasteiger partial charge < -0.3 is 9.29 Å². The van der Waals surface area contributed by atoms with E-state index in [2.05, 4.69) is 0 Å². The first-order valence-electron chi connectivity index (χ1n) is 9.21. The van der Waals surface area contributed by atoms with Gasteiger partial charge in [0.05, 0.1) is 5.41 Å². The van der Waals surface area contributed by atoms with Gasteiger partial charge in [-0.3, -0.25) is 0 Å². The van der Waals surface area contributed by atoms with E-state index in [4.69, 9.17) is 27.9 Å². The van der Waals surface area contributed by atoms with Gasteiger partial charge in [0.25, 0.3) is 0 Å². The third-order valence-electron chi connectivity index (χ3n) is 5.09. The summed E-state index contributed by atoms with van der Waals surface area (Å²) in [5, 5.41) is 1.26. The normalized spacial score (nSPS) is 17.4. The minimum atomic E-state index is -2.30. The number of para-hydroxylation sites is 1. The number of halogens is 2. The maximum Gasteiger partial charge on any atom is 0.245 e. The molecule has 0 aromatic heterocycles. The van der Waals surface area contributed by atoms with Crippen LogP contribution in [-0.4, -0.2) is 13.7 Å². The Kier molecular flexibility index (Phi) is 5.85. The van der Waals surface area contributed by atoms with E-state index in [1.165, 1.54) is 0 Å². The summed E-state index contributed by atoms with van der Waals surface area (Å²) < 4.78 is 28.3. The van der Waals surface area contributed by atoms with Crippen molar-refractivity contribution in [2.24, 2.45) is 0 Å². The summed E-state index contributed by atoms with van der Waals surface area (Å²) in [6, 6.07) is 24.0. The quantitative estimate of drug-likeness (QED) is 0.356. The van der Waals surface area contributed by atoms with Gasteiger partial charge in [-0.1, -0.05) is 77.8 Å². The highest BCUT2D eigenvalue weighted by Gasteiger charge is 2.41. The molecule has 3 aromatic carbocycles. The summed E-state index contributed by atoms with van der Waals surface area (Å²) in [7, 11) is 0. The van der Waals surface area contributed by atoms with Gasteiger partial charge in [-0.05, 0) is 59.7 Å². The number of allylic oxidation sites excluding steroid dienone is 2. The van der Waals surface area contributed by atoms with Crippen LogP contribution >= 0.6 is 23.2 Å². The number of hydrogen-bond acceptors (Lipinski definition) is 2. The molecule has 3 aromatic rings. The maximum atomic E-state index is 12.3. The van der Waals surface area contributed by atoms with Crippen molar-refractivity contribution in [2.45, 2.75) is 10.3 Å². The van der Waals surface area contributed by atoms with E-state index in [-0.39, 0.29) is 0 Å². The summed E-state index contributed by atoms with van der Waals surface area (Å²) in [5.41, 5.74) is 1.25. The Labute approximate surface area is 187 Å². The molecular formula is C24H18Cl2O3S. The van der Waals surface area contributed by atoms with Gasteiger partial charge in [0.2, 0.25) is 16.0 Å². The van der Waals surface area contributed by atoms with Crippen molar-refractivity contribution in [3.63, 3.8) is 0 Å². The lowest BCUT2D eigenvalue weighted by molar-refractivity contribution is 0.242. The van der Waals surface area contributed by atoms with E-state index in [9.17, 15) is 8.76 Å². The second-order valence-corrected chi connectivity index (χ2v) is 8.94. The van der Waals surface area contributed by atoms with E-state index in [0.717, 1.165) is 11.1 Å². The zero-order valence-corrected chi connectivity index (χ0v) is 18.1. The van der Waals surface area contributed by atoms with Crippen molar-refractivity contribution in [1.29, 1.82) is 0 Å². The molecule has 152 valence electrons. The molecule has 1 unspecified atom stereocenters. The van der Waals surface area contributed by atoms with Crippen LogP contribution in [0.1, 0.15) is 11.1 Å². The summed E-state index contributed by atoms with van der Waals surface area (Å²) >= 11 is 9.88. The zero-order valence-electron chi connectivity index (χ0n) is 15.7. The molecule has 6 heteroatoms. The molecule has 0 saturated carbocycles. The Morgan fingerprint density at radius 3 is 1.60 bits per heavy atom. The predicted molar refractivity (Wildman–Crippen MR) is 123 cm³/mol. The van der Waals surface area contributed by atoms with Crippen molar-refractivity contribution in [3.8, 4) is 5.75 Å². The number of benzene rings is 3. The lowest BCUT2D eigenvalue weighted by Gasteiger charge is -2.36. The fourth-order valence-corrected chi connectivity index (χ4v) is 4.29. The van der Waals surface area contributed by atoms with Gasteiger partial charge in [-0.15, -0.1) is 0 Å². The highest BCUT2D eigenvalue weighted by molar-refractivity contribution is 7.81. The topological polar surface area (TPSA) is 46.5 Å². The fraction of sp³-hybridized carbons (Fsp3) is 0.0833. The molecule has 1 atom stereocenters. The SMILES string of the molecule is O=S(O)C1(Oc2ccccc2)C=CC(c2ccc(Cl)cc2)(c2ccc(Cl)cc2)C=C1. The van der Waals surface area contributed by atoms with E-state index < -0.39 is 21.4 Å². The lowest BCUT2D eigenvalue weighted by atomic mass is 9.72. The molecule has 0 fully saturated rings. The molecule has 0 saturated heterocycles. The van der Waals surface area contributed by atoms with Crippen molar-refractivity contribution in [1.82, 2.24) is 0 Å². The molecule has 0 radical (unpaired) electrons. The van der Waals surface area contributed by atoms with Crippen LogP contribution in [0.15, 0.2) is 103 Å². The van der Waals surface area contributed by atoms with E-state index in [1.807, 2.05) is 78.9 Å². The minimum Gasteiger partial charge on any atom is -0.464 e. The second kappa shape index (κ2) is 8.40. The zero-order chi connectivity index (χ0) is 21.2. The van der Waals surface area contributed by atoms with Gasteiger partial charge in [-0.2, -0.15) is 0 Å². The molecule has 30 heavy (non-hydrogen) atoms. The average molecular weight is 457 g/mol. The molecule has 1 aliphatic rings. The number of ether oxygens (including phenoxy) is 1. The van der Waals surface area contributed by atoms with Crippen LogP contribution in [0.4, 0.5) is 0 Å². The van der Waals surface area contributed by atoms with Crippen molar-refractivity contribution in [2.75, 3.05) is 0 Å². The number of hydrogen-bond donors (Lipinski definition) is 1. The minimum absolute atomic E-state index is 0.500. The Morgan fingerprint density at radius 2 is 1.17 bits per heavy atom. The Hall–Kier alpha value is -2.37. The molecule has 3 nitrogen and oxygen atoms in total. The van der Waals surface area contributed by atoms with Crippen molar-refractivity contribution >= 4 is 34.3 Å². The van der Waals surface area contributed by atoms with Crippen LogP contribution in [-0.2, 0) is 16.5 Å². The first-order valence-corrected chi connectivity index (χ1v) is 11.1. The molecule has 1 aliphatic carbocycles. The Balaban J connectivity index is 1.81. The summed E-state index contributed by atoms with van der Waals surface area (Å²) in [5.74, 6) is 0.500. The summed E-state index contributed by atoms with van der Waals surface area (Å²) in [6.45, 7) is 0. The third-order valence-corrected chi connectivity index (χ3v) is 6.50. The standard InChI is InChI=1S/C24H18Cl2O3S/c25-20-10-6-18(7-11-20)23(19-8-12-21(26)13-9-19)14-16-24(17-15-23,30(27)28)29-22-4-2-1-3-5-22/h1-17H,(H,27,28). The Morgan fingerprint density at radius 1 is 0.700 bits per heavy atom. The van der Waals surface area contributed by atoms with Gasteiger partial charge >= 0.3 is 0 Å². The average Bonchev–Trinajstić information content (AvgIpc) is 2.76. The van der Waals surface area contributed by atoms with Crippen molar-refractivity contribution in [3.05, 3.63) is 124 Å². The van der Waals surface area contributed by atoms with Crippen LogP contribution in [0, 0.1) is 0 Å². The molecule has 1 N–H and O–H groups in total. The molecule has 0 heterocycles. The summed E-state index contributed by atoms with van der Waals surface area (Å²) in [4.78, 5) is -1.50. The second-order valence-electron chi connectivity index (χ2n) is 6.94. The molecule has 0 amide bonds. The first-order chi connectivity index (χ1) is 14.4. The van der Waals surface area contributed by atoms with Gasteiger partial charge in [-0.25, -0.2) is 4.21 Å². The first kappa shape index (κ1) is 20.9. The monoisotopic (exact) mass is 456 g/mol. The van der Waals surface area contributed by atoms with Crippen LogP contribution in [0.25, 0.3) is 0 Å². The van der Waals surface area contributed by atoms with Crippen LogP contribution in [0.3, 0.4) is 0 Å². The Bertz CT molecular complexity index is 1050. The number of rotatable bonds is 5. The molecule has 0 aliphatic heterocycles. The van der Waals surface area contributed by atoms with Gasteiger partial charge in [0.1, 0.15) is 5.75 Å². The molecule has 0 bridgehead atoms. The molecule has 4 rings (SSSR count). The van der Waals surface area contributed by atoms with E-state index in [0.29, 0.717) is 15.8 Å². The lowest BCUT2D eigenvalue weighted by Crippen LogP contribution is -2.41. The highest BCUT2D eigenvalue weighted by Crippen LogP contribution is 2.41. The highest BCUT2D eigenvalue weighted by atomic mass is 35.5. The van der Waals surface area contributed by atoms with Gasteiger partial charge in [0.15, 0.2) is 0 Å². The van der Waals surface area contributed by atoms with E-state index >= 15 is 0 Å². The van der Waals surface area contributed by atoms with Crippen LogP contribution in [0.2, 0.25) is 10.0 Å². The van der Waals surface area contributed by atoms with Crippen LogP contribution < -0.4 is 4.74 Å². The van der Waals surface area contributed by atoms with Crippen LogP contribution in [0.5, 0.6) is 5.75 Å². The largest absolute Gasteiger partial charge is 0.464 e. The predicted octanol–water partition coefficient (Wildman–Crippen LogP) is 6.40. The van der Waals surface area contributed by atoms with Crippen molar-refractivity contribution < 1.29 is 13.5 Å². The van der Waals surface area contributed by atoms with E-state index in [1.54, 1.807) is 24.3 Å². The maximum absolute atomic E-state index is 12.3. The molecule has 0 spiro atoms. The smallest absolute Gasteiger partial charge is 0.245 e. The van der Waals surface area contributed by atoms with Gasteiger partial charge in [0, 0.05) is 10.0 Å².